The van der Waals surface area contributed by atoms with Crippen LogP contribution in [0.15, 0.2) is 85.6 Å². The highest BCUT2D eigenvalue weighted by molar-refractivity contribution is 6.02. The van der Waals surface area contributed by atoms with Gasteiger partial charge in [-0.3, -0.25) is 4.98 Å². The van der Waals surface area contributed by atoms with Crippen molar-refractivity contribution >= 4 is 16.7 Å². The lowest BCUT2D eigenvalue weighted by Crippen LogP contribution is -2.06. The van der Waals surface area contributed by atoms with Gasteiger partial charge in [0.25, 0.3) is 0 Å². The molecule has 0 aliphatic rings. The highest BCUT2D eigenvalue weighted by atomic mass is 19.1. The smallest absolute Gasteiger partial charge is 0.165 e. The first-order valence-electron chi connectivity index (χ1n) is 9.74. The minimum Gasteiger partial charge on any atom is -0.364 e. The molecule has 2 aromatic carbocycles. The molecular weight excluding hydrogens is 391 g/mol. The summed E-state index contributed by atoms with van der Waals surface area (Å²) >= 11 is 0. The lowest BCUT2D eigenvalue weighted by Gasteiger charge is -2.14. The monoisotopic (exact) mass is 408 g/mol. The van der Waals surface area contributed by atoms with Crippen molar-refractivity contribution in [3.63, 3.8) is 0 Å². The quantitative estimate of drug-likeness (QED) is 0.446. The van der Waals surface area contributed by atoms with E-state index in [1.165, 1.54) is 18.6 Å². The van der Waals surface area contributed by atoms with Gasteiger partial charge in [0.15, 0.2) is 5.82 Å². The molecule has 0 amide bonds. The van der Waals surface area contributed by atoms with Crippen molar-refractivity contribution in [3.05, 3.63) is 97.1 Å². The van der Waals surface area contributed by atoms with E-state index >= 15 is 0 Å². The number of hydrogen-bond donors (Lipinski definition) is 1. The van der Waals surface area contributed by atoms with Crippen LogP contribution in [0.3, 0.4) is 0 Å². The number of fused-ring (bicyclic) bond motifs is 1. The number of halogens is 1. The van der Waals surface area contributed by atoms with Crippen molar-refractivity contribution in [1.29, 1.82) is 0 Å². The third-order valence-electron chi connectivity index (χ3n) is 4.85. The van der Waals surface area contributed by atoms with Gasteiger partial charge in [0.2, 0.25) is 0 Å². The van der Waals surface area contributed by atoms with Gasteiger partial charge in [0.05, 0.1) is 34.9 Å². The fourth-order valence-electron chi connectivity index (χ4n) is 3.40. The predicted molar refractivity (Wildman–Crippen MR) is 118 cm³/mol. The Morgan fingerprint density at radius 3 is 2.39 bits per heavy atom. The van der Waals surface area contributed by atoms with Gasteiger partial charge in [0, 0.05) is 12.4 Å². The van der Waals surface area contributed by atoms with Crippen LogP contribution >= 0.6 is 0 Å². The van der Waals surface area contributed by atoms with Crippen LogP contribution in [0.1, 0.15) is 5.69 Å². The number of anilines is 1. The molecule has 150 valence electrons. The zero-order valence-electron chi connectivity index (χ0n) is 16.4. The summed E-state index contributed by atoms with van der Waals surface area (Å²) in [5, 5.41) is 4.27. The minimum atomic E-state index is -0.367. The summed E-state index contributed by atoms with van der Waals surface area (Å²) in [6.07, 6.45) is 6.04. The van der Waals surface area contributed by atoms with Crippen molar-refractivity contribution in [2.75, 3.05) is 5.32 Å². The van der Waals surface area contributed by atoms with Crippen LogP contribution in [0.25, 0.3) is 33.4 Å². The molecule has 0 atom stereocenters. The van der Waals surface area contributed by atoms with Gasteiger partial charge in [-0.05, 0) is 29.3 Å². The zero-order chi connectivity index (χ0) is 21.0. The molecule has 0 radical (unpaired) electrons. The molecule has 0 spiro atoms. The molecule has 0 aliphatic heterocycles. The Kier molecular flexibility index (Phi) is 4.98. The Morgan fingerprint density at radius 2 is 1.61 bits per heavy atom. The average Bonchev–Trinajstić information content (AvgIpc) is 2.84. The van der Waals surface area contributed by atoms with E-state index in [-0.39, 0.29) is 5.82 Å². The van der Waals surface area contributed by atoms with Gasteiger partial charge >= 0.3 is 0 Å². The summed E-state index contributed by atoms with van der Waals surface area (Å²) < 4.78 is 13.2. The molecule has 0 fully saturated rings. The van der Waals surface area contributed by atoms with Crippen LogP contribution in [-0.4, -0.2) is 24.9 Å². The molecule has 0 saturated carbocycles. The van der Waals surface area contributed by atoms with E-state index < -0.39 is 0 Å². The van der Waals surface area contributed by atoms with E-state index in [1.54, 1.807) is 18.5 Å². The highest BCUT2D eigenvalue weighted by Crippen LogP contribution is 2.33. The van der Waals surface area contributed by atoms with E-state index in [0.717, 1.165) is 27.6 Å². The number of nitrogens with zero attached hydrogens (tertiary/aromatic N) is 5. The Morgan fingerprint density at radius 1 is 0.774 bits per heavy atom. The molecule has 0 saturated heterocycles. The second kappa shape index (κ2) is 8.23. The van der Waals surface area contributed by atoms with Crippen molar-refractivity contribution in [3.8, 4) is 22.5 Å². The van der Waals surface area contributed by atoms with Crippen LogP contribution < -0.4 is 5.32 Å². The second-order valence-electron chi connectivity index (χ2n) is 6.91. The van der Waals surface area contributed by atoms with Crippen LogP contribution in [-0.2, 0) is 6.54 Å². The Hall–Kier alpha value is -4.26. The van der Waals surface area contributed by atoms with Gasteiger partial charge in [-0.2, -0.15) is 0 Å². The number of nitrogens with one attached hydrogen (secondary N) is 1. The molecule has 5 rings (SSSR count). The molecule has 7 heteroatoms. The van der Waals surface area contributed by atoms with Gasteiger partial charge in [-0.15, -0.1) is 0 Å². The summed E-state index contributed by atoms with van der Waals surface area (Å²) in [6.45, 7) is 0.389. The third kappa shape index (κ3) is 3.93. The van der Waals surface area contributed by atoms with Crippen LogP contribution in [0.5, 0.6) is 0 Å². The standard InChI is InChI=1S/C24H17FN6/c25-18-9-10-19(28-13-18)14-29-24-22-20(16-5-2-1-3-6-16)7-4-8-21(22)30-23(31-24)17-11-26-15-27-12-17/h1-13,15H,14H2,(H,29,30,31). The lowest BCUT2D eigenvalue weighted by molar-refractivity contribution is 0.619. The van der Waals surface area contributed by atoms with Gasteiger partial charge in [-0.25, -0.2) is 24.3 Å². The lowest BCUT2D eigenvalue weighted by atomic mass is 10.0. The minimum absolute atomic E-state index is 0.367. The summed E-state index contributed by atoms with van der Waals surface area (Å²) in [5.41, 5.74) is 4.30. The molecule has 5 aromatic rings. The molecule has 0 bridgehead atoms. The van der Waals surface area contributed by atoms with E-state index in [9.17, 15) is 4.39 Å². The van der Waals surface area contributed by atoms with Crippen LogP contribution in [0.4, 0.5) is 10.2 Å². The molecule has 0 unspecified atom stereocenters. The van der Waals surface area contributed by atoms with E-state index in [0.29, 0.717) is 23.9 Å². The normalized spacial score (nSPS) is 10.9. The Labute approximate surface area is 177 Å². The molecule has 6 nitrogen and oxygen atoms in total. The molecule has 1 N–H and O–H groups in total. The number of hydrogen-bond acceptors (Lipinski definition) is 6. The van der Waals surface area contributed by atoms with Gasteiger partial charge in [-0.1, -0.05) is 42.5 Å². The Bertz CT molecular complexity index is 1330. The first-order chi connectivity index (χ1) is 15.3. The maximum absolute atomic E-state index is 13.2. The SMILES string of the molecule is Fc1ccc(CNc2nc(-c3cncnc3)nc3cccc(-c4ccccc4)c23)nc1. The first-order valence-corrected chi connectivity index (χ1v) is 9.74. The number of rotatable bonds is 5. The molecule has 31 heavy (non-hydrogen) atoms. The van der Waals surface area contributed by atoms with E-state index in [4.69, 9.17) is 9.97 Å². The fourth-order valence-corrected chi connectivity index (χ4v) is 3.40. The summed E-state index contributed by atoms with van der Waals surface area (Å²) in [5.74, 6) is 0.816. The molecule has 3 heterocycles. The molecule has 3 aromatic heterocycles. The van der Waals surface area contributed by atoms with Crippen LogP contribution in [0, 0.1) is 5.82 Å². The predicted octanol–water partition coefficient (Wildman–Crippen LogP) is 4.90. The third-order valence-corrected chi connectivity index (χ3v) is 4.85. The summed E-state index contributed by atoms with van der Waals surface area (Å²) in [6, 6.07) is 19.1. The Balaban J connectivity index is 1.66. The number of aromatic nitrogens is 5. The first kappa shape index (κ1) is 18.7. The maximum atomic E-state index is 13.2. The summed E-state index contributed by atoms with van der Waals surface area (Å²) in [7, 11) is 0. The molecular formula is C24H17FN6. The van der Waals surface area contributed by atoms with Gasteiger partial charge < -0.3 is 5.32 Å². The average molecular weight is 408 g/mol. The van der Waals surface area contributed by atoms with Crippen molar-refractivity contribution in [1.82, 2.24) is 24.9 Å². The highest BCUT2D eigenvalue weighted by Gasteiger charge is 2.14. The van der Waals surface area contributed by atoms with Crippen molar-refractivity contribution in [2.24, 2.45) is 0 Å². The maximum Gasteiger partial charge on any atom is 0.165 e. The topological polar surface area (TPSA) is 76.5 Å². The zero-order valence-corrected chi connectivity index (χ0v) is 16.4. The van der Waals surface area contributed by atoms with Crippen LogP contribution in [0.2, 0.25) is 0 Å². The van der Waals surface area contributed by atoms with E-state index in [2.05, 4.69) is 32.4 Å². The second-order valence-corrected chi connectivity index (χ2v) is 6.91. The van der Waals surface area contributed by atoms with Gasteiger partial charge in [0.1, 0.15) is 18.0 Å². The summed E-state index contributed by atoms with van der Waals surface area (Å²) in [4.78, 5) is 21.8. The van der Waals surface area contributed by atoms with Crippen molar-refractivity contribution < 1.29 is 4.39 Å². The molecule has 0 aliphatic carbocycles. The largest absolute Gasteiger partial charge is 0.364 e. The number of benzene rings is 2. The fraction of sp³-hybridized carbons (Fsp3) is 0.0417. The van der Waals surface area contributed by atoms with E-state index in [1.807, 2.05) is 36.4 Å². The number of pyridine rings is 1. The van der Waals surface area contributed by atoms with Crippen molar-refractivity contribution in [2.45, 2.75) is 6.54 Å².